The highest BCUT2D eigenvalue weighted by atomic mass is 16.3. The fourth-order valence-electron chi connectivity index (χ4n) is 2.30. The molecule has 102 valence electrons. The van der Waals surface area contributed by atoms with E-state index in [0.717, 1.165) is 29.5 Å². The van der Waals surface area contributed by atoms with Gasteiger partial charge in [-0.25, -0.2) is 4.98 Å². The molecule has 0 unspecified atom stereocenters. The summed E-state index contributed by atoms with van der Waals surface area (Å²) in [5.41, 5.74) is 10.8. The summed E-state index contributed by atoms with van der Waals surface area (Å²) in [6.45, 7) is 2.81. The average Bonchev–Trinajstić information content (AvgIpc) is 2.91. The molecule has 3 aromatic rings. The van der Waals surface area contributed by atoms with E-state index in [1.54, 1.807) is 0 Å². The lowest BCUT2D eigenvalue weighted by Gasteiger charge is -1.99. The van der Waals surface area contributed by atoms with Crippen LogP contribution in [0.25, 0.3) is 22.6 Å². The van der Waals surface area contributed by atoms with Crippen LogP contribution in [0.3, 0.4) is 0 Å². The Labute approximate surface area is 118 Å². The molecule has 0 atom stereocenters. The van der Waals surface area contributed by atoms with Crippen LogP contribution in [0, 0.1) is 0 Å². The van der Waals surface area contributed by atoms with Crippen molar-refractivity contribution < 1.29 is 4.42 Å². The van der Waals surface area contributed by atoms with Gasteiger partial charge in [-0.2, -0.15) is 0 Å². The molecule has 0 aliphatic rings. The van der Waals surface area contributed by atoms with Gasteiger partial charge in [0.2, 0.25) is 5.89 Å². The molecule has 1 heterocycles. The van der Waals surface area contributed by atoms with E-state index < -0.39 is 0 Å². The molecule has 2 N–H and O–H groups in total. The minimum absolute atomic E-state index is 0.669. The summed E-state index contributed by atoms with van der Waals surface area (Å²) in [4.78, 5) is 4.58. The number of nitrogens with two attached hydrogens (primary N) is 1. The first-order valence-corrected chi connectivity index (χ1v) is 6.99. The number of oxazole rings is 1. The Bertz CT molecular complexity index is 713. The Morgan fingerprint density at radius 3 is 2.50 bits per heavy atom. The first-order chi connectivity index (χ1) is 9.80. The van der Waals surface area contributed by atoms with Crippen molar-refractivity contribution in [2.24, 2.45) is 5.73 Å². The monoisotopic (exact) mass is 266 g/mol. The third kappa shape index (κ3) is 2.45. The molecule has 0 aliphatic heterocycles. The number of hydrogen-bond donors (Lipinski definition) is 1. The Morgan fingerprint density at radius 1 is 1.05 bits per heavy atom. The average molecular weight is 266 g/mol. The van der Waals surface area contributed by atoms with E-state index in [9.17, 15) is 0 Å². The molecule has 20 heavy (non-hydrogen) atoms. The summed E-state index contributed by atoms with van der Waals surface area (Å²) in [5, 5.41) is 0. The van der Waals surface area contributed by atoms with E-state index in [4.69, 9.17) is 10.2 Å². The van der Waals surface area contributed by atoms with Gasteiger partial charge in [0.15, 0.2) is 5.58 Å². The molecular formula is C17H18N2O. The van der Waals surface area contributed by atoms with Crippen LogP contribution in [0.4, 0.5) is 0 Å². The van der Waals surface area contributed by atoms with Gasteiger partial charge in [-0.1, -0.05) is 25.1 Å². The van der Waals surface area contributed by atoms with Crippen molar-refractivity contribution in [2.45, 2.75) is 19.8 Å². The molecule has 0 spiro atoms. The maximum atomic E-state index is 5.82. The van der Waals surface area contributed by atoms with Gasteiger partial charge < -0.3 is 10.2 Å². The van der Waals surface area contributed by atoms with Gasteiger partial charge in [0.05, 0.1) is 0 Å². The molecule has 3 heteroatoms. The van der Waals surface area contributed by atoms with Crippen LogP contribution in [-0.2, 0) is 12.8 Å². The summed E-state index contributed by atoms with van der Waals surface area (Å²) in [5.74, 6) is 0.674. The fourth-order valence-corrected chi connectivity index (χ4v) is 2.30. The van der Waals surface area contributed by atoms with Crippen molar-refractivity contribution in [3.8, 4) is 11.5 Å². The normalized spacial score (nSPS) is 11.1. The van der Waals surface area contributed by atoms with Crippen LogP contribution in [0.2, 0.25) is 0 Å². The number of fused-ring (bicyclic) bond motifs is 1. The number of benzene rings is 2. The predicted octanol–water partition coefficient (Wildman–Crippen LogP) is 3.56. The van der Waals surface area contributed by atoms with E-state index in [-0.39, 0.29) is 0 Å². The van der Waals surface area contributed by atoms with Gasteiger partial charge in [0.1, 0.15) is 5.52 Å². The lowest BCUT2D eigenvalue weighted by Crippen LogP contribution is -2.02. The lowest BCUT2D eigenvalue weighted by atomic mass is 10.1. The predicted molar refractivity (Wildman–Crippen MR) is 81.6 cm³/mol. The first kappa shape index (κ1) is 12.9. The maximum Gasteiger partial charge on any atom is 0.227 e. The minimum Gasteiger partial charge on any atom is -0.436 e. The van der Waals surface area contributed by atoms with Gasteiger partial charge in [-0.15, -0.1) is 0 Å². The Balaban J connectivity index is 1.96. The van der Waals surface area contributed by atoms with Gasteiger partial charge >= 0.3 is 0 Å². The molecule has 0 amide bonds. The van der Waals surface area contributed by atoms with Crippen LogP contribution >= 0.6 is 0 Å². The van der Waals surface area contributed by atoms with Crippen molar-refractivity contribution in [2.75, 3.05) is 6.54 Å². The molecule has 0 aliphatic carbocycles. The van der Waals surface area contributed by atoms with E-state index in [2.05, 4.69) is 36.2 Å². The minimum atomic E-state index is 0.669. The highest BCUT2D eigenvalue weighted by molar-refractivity contribution is 5.76. The van der Waals surface area contributed by atoms with E-state index >= 15 is 0 Å². The third-order valence-corrected chi connectivity index (χ3v) is 3.49. The molecule has 3 rings (SSSR count). The standard InChI is InChI=1S/C17H18N2O/c1-2-12-5-8-16-15(11-12)19-17(20-16)14-6-3-13(4-7-14)9-10-18/h3-8,11H,2,9-10,18H2,1H3. The van der Waals surface area contributed by atoms with Crippen LogP contribution < -0.4 is 5.73 Å². The zero-order valence-corrected chi connectivity index (χ0v) is 11.6. The van der Waals surface area contributed by atoms with Crippen LogP contribution in [0.15, 0.2) is 46.9 Å². The fraction of sp³-hybridized carbons (Fsp3) is 0.235. The third-order valence-electron chi connectivity index (χ3n) is 3.49. The number of aryl methyl sites for hydroxylation is 1. The summed E-state index contributed by atoms with van der Waals surface area (Å²) in [6, 6.07) is 14.4. The van der Waals surface area contributed by atoms with E-state index in [1.807, 2.05) is 18.2 Å². The van der Waals surface area contributed by atoms with Crippen LogP contribution in [0.5, 0.6) is 0 Å². The van der Waals surface area contributed by atoms with Gasteiger partial charge in [-0.05, 0) is 54.8 Å². The van der Waals surface area contributed by atoms with Crippen molar-refractivity contribution in [3.63, 3.8) is 0 Å². The molecule has 0 fully saturated rings. The second-order valence-corrected chi connectivity index (χ2v) is 4.91. The highest BCUT2D eigenvalue weighted by Gasteiger charge is 2.08. The number of nitrogens with zero attached hydrogens (tertiary/aromatic N) is 1. The number of aromatic nitrogens is 1. The van der Waals surface area contributed by atoms with Crippen molar-refractivity contribution in [1.82, 2.24) is 4.98 Å². The summed E-state index contributed by atoms with van der Waals surface area (Å²) < 4.78 is 5.82. The van der Waals surface area contributed by atoms with Crippen LogP contribution in [-0.4, -0.2) is 11.5 Å². The van der Waals surface area contributed by atoms with E-state index in [0.29, 0.717) is 12.4 Å². The SMILES string of the molecule is CCc1ccc2oc(-c3ccc(CCN)cc3)nc2c1. The molecule has 3 nitrogen and oxygen atoms in total. The topological polar surface area (TPSA) is 52.0 Å². The second-order valence-electron chi connectivity index (χ2n) is 4.91. The number of rotatable bonds is 4. The Morgan fingerprint density at radius 2 is 1.80 bits per heavy atom. The van der Waals surface area contributed by atoms with Gasteiger partial charge in [0, 0.05) is 5.56 Å². The highest BCUT2D eigenvalue weighted by Crippen LogP contribution is 2.25. The number of hydrogen-bond acceptors (Lipinski definition) is 3. The smallest absolute Gasteiger partial charge is 0.227 e. The molecule has 0 bridgehead atoms. The van der Waals surface area contributed by atoms with Gasteiger partial charge in [0.25, 0.3) is 0 Å². The Hall–Kier alpha value is -2.13. The lowest BCUT2D eigenvalue weighted by molar-refractivity contribution is 0.620. The molecule has 0 saturated carbocycles. The van der Waals surface area contributed by atoms with E-state index in [1.165, 1.54) is 11.1 Å². The largest absolute Gasteiger partial charge is 0.436 e. The van der Waals surface area contributed by atoms with Gasteiger partial charge in [-0.3, -0.25) is 0 Å². The summed E-state index contributed by atoms with van der Waals surface area (Å²) in [6.07, 6.45) is 1.90. The second kappa shape index (κ2) is 5.47. The molecule has 0 radical (unpaired) electrons. The first-order valence-electron chi connectivity index (χ1n) is 6.99. The van der Waals surface area contributed by atoms with Crippen molar-refractivity contribution in [1.29, 1.82) is 0 Å². The Kier molecular flexibility index (Phi) is 3.52. The summed E-state index contributed by atoms with van der Waals surface area (Å²) >= 11 is 0. The van der Waals surface area contributed by atoms with Crippen molar-refractivity contribution in [3.05, 3.63) is 53.6 Å². The zero-order valence-electron chi connectivity index (χ0n) is 11.6. The summed E-state index contributed by atoms with van der Waals surface area (Å²) in [7, 11) is 0. The molecule has 2 aromatic carbocycles. The molecular weight excluding hydrogens is 248 g/mol. The molecule has 1 aromatic heterocycles. The molecule has 0 saturated heterocycles. The van der Waals surface area contributed by atoms with Crippen molar-refractivity contribution >= 4 is 11.1 Å². The van der Waals surface area contributed by atoms with Crippen LogP contribution in [0.1, 0.15) is 18.1 Å². The maximum absolute atomic E-state index is 5.82. The zero-order chi connectivity index (χ0) is 13.9. The quantitative estimate of drug-likeness (QED) is 0.785.